The lowest BCUT2D eigenvalue weighted by molar-refractivity contribution is 0.268. The Morgan fingerprint density at radius 3 is 2.27 bits per heavy atom. The summed E-state index contributed by atoms with van der Waals surface area (Å²) in [5.74, 6) is 9.61. The van der Waals surface area contributed by atoms with E-state index >= 15 is 0 Å². The molecule has 0 aliphatic rings. The maximum atomic E-state index is 12.1. The van der Waals surface area contributed by atoms with E-state index < -0.39 is 10.1 Å². The normalized spacial score (nSPS) is 12.3. The van der Waals surface area contributed by atoms with Gasteiger partial charge in [-0.1, -0.05) is 84.1 Å². The molecular formula is C37H49BrO3S3. The van der Waals surface area contributed by atoms with Crippen LogP contribution in [-0.2, 0) is 20.7 Å². The molecule has 0 fully saturated rings. The van der Waals surface area contributed by atoms with E-state index in [2.05, 4.69) is 77.2 Å². The lowest BCUT2D eigenvalue weighted by atomic mass is 9.95. The maximum absolute atomic E-state index is 12.1. The van der Waals surface area contributed by atoms with Crippen molar-refractivity contribution in [3.63, 3.8) is 0 Å². The van der Waals surface area contributed by atoms with Crippen LogP contribution in [0.15, 0.2) is 58.8 Å². The number of unbranched alkanes of at least 4 members (excludes halogenated alkanes) is 6. The molecule has 0 radical (unpaired) electrons. The zero-order chi connectivity index (χ0) is 32.0. The van der Waals surface area contributed by atoms with Gasteiger partial charge in [0.25, 0.3) is 10.1 Å². The standard InChI is InChI=1S/C19H24S2.C18H25BrO3S/c1-17-14-15-19(21-17)12-9-7-5-3-2-4-6-8-11-18-13-10-16-20-18;1-4-17(10-7-15(2)6-5-13-19)14-22-23(20,21)18-11-8-16(3)9-12-18/h10,13-16H,2-8,11H2,1H3;1,8-9,11-12,15,17H,5-7,10,13-14H2,2-3H3. The van der Waals surface area contributed by atoms with Crippen molar-refractivity contribution in [1.82, 2.24) is 0 Å². The Bertz CT molecular complexity index is 1370. The number of hydrogen-bond acceptors (Lipinski definition) is 5. The highest BCUT2D eigenvalue weighted by molar-refractivity contribution is 9.09. The molecule has 0 saturated heterocycles. The molecule has 2 atom stereocenters. The second-order valence-electron chi connectivity index (χ2n) is 11.3. The highest BCUT2D eigenvalue weighted by Crippen LogP contribution is 2.20. The Balaban J connectivity index is 0.000000308. The average molecular weight is 718 g/mol. The van der Waals surface area contributed by atoms with Crippen LogP contribution in [0.1, 0.15) is 97.7 Å². The molecule has 0 N–H and O–H groups in total. The predicted molar refractivity (Wildman–Crippen MR) is 194 cm³/mol. The van der Waals surface area contributed by atoms with E-state index in [1.165, 1.54) is 59.6 Å². The number of benzene rings is 1. The number of halogens is 1. The first-order valence-corrected chi connectivity index (χ1v) is 20.0. The number of rotatable bonds is 18. The van der Waals surface area contributed by atoms with Crippen molar-refractivity contribution >= 4 is 48.7 Å². The number of aryl methyl sites for hydroxylation is 3. The molecule has 3 nitrogen and oxygen atoms in total. The average Bonchev–Trinajstić information content (AvgIpc) is 3.69. The number of alkyl halides is 1. The van der Waals surface area contributed by atoms with Gasteiger partial charge in [0.2, 0.25) is 0 Å². The third kappa shape index (κ3) is 17.0. The summed E-state index contributed by atoms with van der Waals surface area (Å²) in [7, 11) is -3.74. The predicted octanol–water partition coefficient (Wildman–Crippen LogP) is 11.0. The molecule has 2 aromatic heterocycles. The van der Waals surface area contributed by atoms with Crippen LogP contribution in [0.4, 0.5) is 0 Å². The number of hydrogen-bond donors (Lipinski definition) is 0. The van der Waals surface area contributed by atoms with Crippen molar-refractivity contribution in [1.29, 1.82) is 0 Å². The molecule has 0 bridgehead atoms. The topological polar surface area (TPSA) is 43.4 Å². The molecule has 0 saturated carbocycles. The van der Waals surface area contributed by atoms with Crippen LogP contribution in [-0.4, -0.2) is 20.4 Å². The van der Waals surface area contributed by atoms with Crippen molar-refractivity contribution in [2.45, 2.75) is 103 Å². The van der Waals surface area contributed by atoms with E-state index in [1.807, 2.05) is 18.3 Å². The van der Waals surface area contributed by atoms with E-state index in [0.717, 1.165) is 43.0 Å². The van der Waals surface area contributed by atoms with Gasteiger partial charge in [-0.15, -0.1) is 35.0 Å². The summed E-state index contributed by atoms with van der Waals surface area (Å²) in [4.78, 5) is 4.27. The van der Waals surface area contributed by atoms with E-state index in [0.29, 0.717) is 5.92 Å². The molecule has 240 valence electrons. The quantitative estimate of drug-likeness (QED) is 0.0569. The molecule has 0 aliphatic carbocycles. The first kappa shape index (κ1) is 38.3. The van der Waals surface area contributed by atoms with Gasteiger partial charge in [0.05, 0.1) is 16.4 Å². The van der Waals surface area contributed by atoms with Crippen molar-refractivity contribution in [2.24, 2.45) is 11.8 Å². The minimum Gasteiger partial charge on any atom is -0.265 e. The molecule has 3 aromatic rings. The molecule has 44 heavy (non-hydrogen) atoms. The van der Waals surface area contributed by atoms with Gasteiger partial charge in [0.15, 0.2) is 0 Å². The van der Waals surface area contributed by atoms with Crippen molar-refractivity contribution in [2.75, 3.05) is 11.9 Å². The van der Waals surface area contributed by atoms with Crippen molar-refractivity contribution in [3.05, 3.63) is 74.1 Å². The molecule has 1 aromatic carbocycles. The summed E-state index contributed by atoms with van der Waals surface area (Å²) in [5.41, 5.74) is 1.00. The molecule has 2 heterocycles. The Morgan fingerprint density at radius 2 is 1.64 bits per heavy atom. The summed E-state index contributed by atoms with van der Waals surface area (Å²) in [6.45, 7) is 6.27. The first-order chi connectivity index (χ1) is 21.2. The van der Waals surface area contributed by atoms with E-state index in [-0.39, 0.29) is 17.4 Å². The fourth-order valence-electron chi connectivity index (χ4n) is 4.54. The monoisotopic (exact) mass is 716 g/mol. The largest absolute Gasteiger partial charge is 0.297 e. The summed E-state index contributed by atoms with van der Waals surface area (Å²) in [6, 6.07) is 15.3. The van der Waals surface area contributed by atoms with Crippen LogP contribution in [0.5, 0.6) is 0 Å². The van der Waals surface area contributed by atoms with Gasteiger partial charge in [-0.05, 0) is 100 Å². The van der Waals surface area contributed by atoms with Gasteiger partial charge in [-0.3, -0.25) is 4.18 Å². The Morgan fingerprint density at radius 1 is 0.909 bits per heavy atom. The van der Waals surface area contributed by atoms with Gasteiger partial charge >= 0.3 is 0 Å². The summed E-state index contributed by atoms with van der Waals surface area (Å²) in [6.07, 6.45) is 19.9. The van der Waals surface area contributed by atoms with Gasteiger partial charge in [-0.25, -0.2) is 0 Å². The van der Waals surface area contributed by atoms with Crippen molar-refractivity contribution < 1.29 is 12.6 Å². The Labute approximate surface area is 284 Å². The fourth-order valence-corrected chi connectivity index (χ4v) is 7.31. The maximum Gasteiger partial charge on any atom is 0.297 e. The zero-order valence-electron chi connectivity index (χ0n) is 26.7. The van der Waals surface area contributed by atoms with Gasteiger partial charge < -0.3 is 0 Å². The Hall–Kier alpha value is -1.87. The van der Waals surface area contributed by atoms with Crippen LogP contribution in [0.2, 0.25) is 0 Å². The van der Waals surface area contributed by atoms with Gasteiger partial charge in [0.1, 0.15) is 0 Å². The molecule has 3 rings (SSSR count). The Kier molecular flexibility index (Phi) is 19.7. The van der Waals surface area contributed by atoms with Crippen LogP contribution >= 0.6 is 38.6 Å². The molecule has 0 aliphatic heterocycles. The minimum atomic E-state index is -3.74. The van der Waals surface area contributed by atoms with Crippen molar-refractivity contribution in [3.8, 4) is 24.2 Å². The molecule has 0 spiro atoms. The molecule has 7 heteroatoms. The third-order valence-corrected chi connectivity index (χ3v) is 11.0. The third-order valence-electron chi connectivity index (χ3n) is 7.32. The molecule has 0 amide bonds. The lowest BCUT2D eigenvalue weighted by Gasteiger charge is -2.15. The minimum absolute atomic E-state index is 0.0396. The number of thiophene rings is 2. The lowest BCUT2D eigenvalue weighted by Crippen LogP contribution is -2.14. The summed E-state index contributed by atoms with van der Waals surface area (Å²) in [5, 5.41) is 3.18. The highest BCUT2D eigenvalue weighted by Gasteiger charge is 2.18. The van der Waals surface area contributed by atoms with Crippen LogP contribution in [0.3, 0.4) is 0 Å². The summed E-state index contributed by atoms with van der Waals surface area (Å²) >= 11 is 7.10. The van der Waals surface area contributed by atoms with E-state index in [9.17, 15) is 8.42 Å². The van der Waals surface area contributed by atoms with E-state index in [1.54, 1.807) is 35.6 Å². The molecule has 2 unspecified atom stereocenters. The first-order valence-electron chi connectivity index (χ1n) is 15.8. The number of terminal acetylenes is 1. The zero-order valence-corrected chi connectivity index (χ0v) is 30.7. The molecular weight excluding hydrogens is 669 g/mol. The van der Waals surface area contributed by atoms with Crippen LogP contribution < -0.4 is 0 Å². The van der Waals surface area contributed by atoms with Gasteiger partial charge in [-0.2, -0.15) is 8.42 Å². The highest BCUT2D eigenvalue weighted by atomic mass is 79.9. The second-order valence-corrected chi connectivity index (χ2v) is 16.1. The second kappa shape index (κ2) is 22.6. The SMILES string of the molecule is C#CC(CCC(C)CCCBr)COS(=O)(=O)c1ccc(C)cc1.Cc1ccc(C#CCCCCCCCCc2cccs2)s1. The summed E-state index contributed by atoms with van der Waals surface area (Å²) < 4.78 is 29.4. The van der Waals surface area contributed by atoms with Crippen LogP contribution in [0.25, 0.3) is 0 Å². The van der Waals surface area contributed by atoms with E-state index in [4.69, 9.17) is 10.6 Å². The smallest absolute Gasteiger partial charge is 0.265 e. The van der Waals surface area contributed by atoms with Gasteiger partial charge in [0, 0.05) is 27.4 Å². The van der Waals surface area contributed by atoms with Crippen LogP contribution in [0, 0.1) is 49.9 Å². The fraction of sp³-hybridized carbons (Fsp3) is 0.514.